The molecule has 0 unspecified atom stereocenters. The first-order chi connectivity index (χ1) is 10.6. The van der Waals surface area contributed by atoms with Crippen LogP contribution in [-0.4, -0.2) is 28.2 Å². The molecule has 1 aliphatic rings. The van der Waals surface area contributed by atoms with Crippen molar-refractivity contribution in [2.75, 3.05) is 18.0 Å². The summed E-state index contributed by atoms with van der Waals surface area (Å²) in [7, 11) is 0. The number of nitrogens with zero attached hydrogens (tertiary/aromatic N) is 4. The number of benzene rings is 1. The van der Waals surface area contributed by atoms with Crippen molar-refractivity contribution in [1.29, 1.82) is 5.26 Å². The average molecular weight is 315 g/mol. The van der Waals surface area contributed by atoms with Gasteiger partial charge in [0, 0.05) is 23.7 Å². The normalized spacial score (nSPS) is 17.0. The van der Waals surface area contributed by atoms with Crippen LogP contribution in [0.15, 0.2) is 36.7 Å². The molecule has 1 aromatic carbocycles. The Bertz CT molecular complexity index is 703. The van der Waals surface area contributed by atoms with Gasteiger partial charge in [-0.25, -0.2) is 9.97 Å². The van der Waals surface area contributed by atoms with Crippen LogP contribution in [0.3, 0.4) is 0 Å². The van der Waals surface area contributed by atoms with Crippen LogP contribution >= 0.6 is 11.6 Å². The maximum Gasteiger partial charge on any atom is 0.158 e. The summed E-state index contributed by atoms with van der Waals surface area (Å²) < 4.78 is 0. The maximum absolute atomic E-state index is 10.9. The Morgan fingerprint density at radius 1 is 1.18 bits per heavy atom. The molecule has 22 heavy (non-hydrogen) atoms. The van der Waals surface area contributed by atoms with Crippen molar-refractivity contribution in [1.82, 2.24) is 9.97 Å². The summed E-state index contributed by atoms with van der Waals surface area (Å²) >= 11 is 6.21. The molecule has 0 aliphatic carbocycles. The predicted octanol–water partition coefficient (Wildman–Crippen LogP) is 2.49. The molecule has 0 atom stereocenters. The highest BCUT2D eigenvalue weighted by Gasteiger charge is 2.35. The van der Waals surface area contributed by atoms with Gasteiger partial charge in [0.25, 0.3) is 0 Å². The van der Waals surface area contributed by atoms with Crippen molar-refractivity contribution in [3.05, 3.63) is 52.9 Å². The zero-order valence-corrected chi connectivity index (χ0v) is 12.7. The van der Waals surface area contributed by atoms with Crippen molar-refractivity contribution < 1.29 is 5.11 Å². The van der Waals surface area contributed by atoms with Gasteiger partial charge in [-0.15, -0.1) is 0 Å². The fraction of sp³-hybridized carbons (Fsp3) is 0.312. The van der Waals surface area contributed by atoms with E-state index in [1.54, 1.807) is 12.3 Å². The van der Waals surface area contributed by atoms with Gasteiger partial charge >= 0.3 is 0 Å². The Hall–Kier alpha value is -2.16. The zero-order chi connectivity index (χ0) is 15.6. The number of hydrogen-bond donors (Lipinski definition) is 1. The second-order valence-corrected chi connectivity index (χ2v) is 5.78. The third-order valence-electron chi connectivity index (χ3n) is 4.04. The minimum Gasteiger partial charge on any atom is -0.385 e. The monoisotopic (exact) mass is 314 g/mol. The molecule has 1 saturated heterocycles. The van der Waals surface area contributed by atoms with Gasteiger partial charge in [0.1, 0.15) is 11.9 Å². The number of anilines is 1. The van der Waals surface area contributed by atoms with E-state index in [2.05, 4.69) is 14.9 Å². The third-order valence-corrected chi connectivity index (χ3v) is 4.37. The number of piperidine rings is 1. The molecule has 1 aromatic heterocycles. The number of halogens is 1. The lowest BCUT2D eigenvalue weighted by molar-refractivity contribution is 0.0117. The van der Waals surface area contributed by atoms with Gasteiger partial charge in [-0.05, 0) is 18.9 Å². The van der Waals surface area contributed by atoms with Crippen molar-refractivity contribution in [2.45, 2.75) is 18.4 Å². The second-order valence-electron chi connectivity index (χ2n) is 5.37. The first kappa shape index (κ1) is 14.8. The minimum atomic E-state index is -0.908. The van der Waals surface area contributed by atoms with Crippen LogP contribution in [0.2, 0.25) is 5.02 Å². The third kappa shape index (κ3) is 2.76. The highest BCUT2D eigenvalue weighted by molar-refractivity contribution is 6.31. The van der Waals surface area contributed by atoms with Crippen molar-refractivity contribution >= 4 is 17.4 Å². The standard InChI is InChI=1S/C16H15ClN4O/c17-14-4-2-1-3-13(14)16(22)5-7-21(8-6-16)15-11-19-12(9-18)10-20-15/h1-4,10-11,22H,5-8H2. The van der Waals surface area contributed by atoms with Crippen LogP contribution in [0.1, 0.15) is 24.1 Å². The van der Waals surface area contributed by atoms with Gasteiger partial charge in [0.15, 0.2) is 5.69 Å². The topological polar surface area (TPSA) is 73.0 Å². The molecule has 0 amide bonds. The van der Waals surface area contributed by atoms with Crippen LogP contribution in [0.4, 0.5) is 5.82 Å². The highest BCUT2D eigenvalue weighted by atomic mass is 35.5. The number of hydrogen-bond acceptors (Lipinski definition) is 5. The first-order valence-corrected chi connectivity index (χ1v) is 7.45. The van der Waals surface area contributed by atoms with E-state index in [-0.39, 0.29) is 0 Å². The Labute approximate surface area is 133 Å². The number of aliphatic hydroxyl groups is 1. The van der Waals surface area contributed by atoms with Crippen molar-refractivity contribution in [3.8, 4) is 6.07 Å². The van der Waals surface area contributed by atoms with Crippen LogP contribution < -0.4 is 4.90 Å². The number of nitriles is 1. The molecule has 112 valence electrons. The lowest BCUT2D eigenvalue weighted by Gasteiger charge is -2.39. The molecule has 1 fully saturated rings. The maximum atomic E-state index is 10.9. The summed E-state index contributed by atoms with van der Waals surface area (Å²) in [6, 6.07) is 9.37. The molecule has 2 heterocycles. The summed E-state index contributed by atoms with van der Waals surface area (Å²) in [6.45, 7) is 1.31. The Morgan fingerprint density at radius 2 is 1.91 bits per heavy atom. The Kier molecular flexibility index (Phi) is 3.97. The Balaban J connectivity index is 1.74. The number of rotatable bonds is 2. The lowest BCUT2D eigenvalue weighted by atomic mass is 9.84. The van der Waals surface area contributed by atoms with E-state index in [1.165, 1.54) is 6.20 Å². The van der Waals surface area contributed by atoms with E-state index in [0.29, 0.717) is 36.6 Å². The smallest absolute Gasteiger partial charge is 0.158 e. The molecule has 0 spiro atoms. The van der Waals surface area contributed by atoms with Gasteiger partial charge in [0.05, 0.1) is 18.0 Å². The van der Waals surface area contributed by atoms with E-state index in [4.69, 9.17) is 16.9 Å². The van der Waals surface area contributed by atoms with E-state index in [9.17, 15) is 5.11 Å². The molecular formula is C16H15ClN4O. The SMILES string of the molecule is N#Cc1cnc(N2CCC(O)(c3ccccc3Cl)CC2)cn1. The van der Waals surface area contributed by atoms with E-state index < -0.39 is 5.60 Å². The summed E-state index contributed by atoms with van der Waals surface area (Å²) in [6.07, 6.45) is 4.19. The molecular weight excluding hydrogens is 300 g/mol. The molecule has 5 nitrogen and oxygen atoms in total. The fourth-order valence-corrected chi connectivity index (χ4v) is 3.07. The molecule has 2 aromatic rings. The van der Waals surface area contributed by atoms with E-state index in [0.717, 1.165) is 11.4 Å². The van der Waals surface area contributed by atoms with Crippen LogP contribution in [0.5, 0.6) is 0 Å². The van der Waals surface area contributed by atoms with Crippen LogP contribution in [0, 0.1) is 11.3 Å². The predicted molar refractivity (Wildman–Crippen MR) is 83.5 cm³/mol. The Morgan fingerprint density at radius 3 is 2.50 bits per heavy atom. The average Bonchev–Trinajstić information content (AvgIpc) is 2.56. The van der Waals surface area contributed by atoms with E-state index in [1.807, 2.05) is 24.3 Å². The molecule has 1 aliphatic heterocycles. The fourth-order valence-electron chi connectivity index (χ4n) is 2.76. The zero-order valence-electron chi connectivity index (χ0n) is 11.9. The lowest BCUT2D eigenvalue weighted by Crippen LogP contribution is -2.43. The highest BCUT2D eigenvalue weighted by Crippen LogP contribution is 2.37. The first-order valence-electron chi connectivity index (χ1n) is 7.07. The summed E-state index contributed by atoms with van der Waals surface area (Å²) in [5.74, 6) is 0.722. The van der Waals surface area contributed by atoms with Gasteiger partial charge in [-0.1, -0.05) is 29.8 Å². The minimum absolute atomic E-state index is 0.299. The largest absolute Gasteiger partial charge is 0.385 e. The molecule has 6 heteroatoms. The van der Waals surface area contributed by atoms with E-state index >= 15 is 0 Å². The molecule has 0 bridgehead atoms. The van der Waals surface area contributed by atoms with Gasteiger partial charge in [-0.3, -0.25) is 0 Å². The van der Waals surface area contributed by atoms with Gasteiger partial charge < -0.3 is 10.0 Å². The molecule has 3 rings (SSSR count). The molecule has 0 radical (unpaired) electrons. The van der Waals surface area contributed by atoms with Crippen LogP contribution in [0.25, 0.3) is 0 Å². The summed E-state index contributed by atoms with van der Waals surface area (Å²) in [4.78, 5) is 10.3. The number of aromatic nitrogens is 2. The van der Waals surface area contributed by atoms with Crippen molar-refractivity contribution in [2.24, 2.45) is 0 Å². The molecule has 0 saturated carbocycles. The van der Waals surface area contributed by atoms with Crippen molar-refractivity contribution in [3.63, 3.8) is 0 Å². The van der Waals surface area contributed by atoms with Gasteiger partial charge in [0.2, 0.25) is 0 Å². The van der Waals surface area contributed by atoms with Gasteiger partial charge in [-0.2, -0.15) is 5.26 Å². The summed E-state index contributed by atoms with van der Waals surface area (Å²) in [5.41, 5.74) is 0.171. The summed E-state index contributed by atoms with van der Waals surface area (Å²) in [5, 5.41) is 20.2. The quantitative estimate of drug-likeness (QED) is 0.922. The molecule has 1 N–H and O–H groups in total. The van der Waals surface area contributed by atoms with Crippen LogP contribution in [-0.2, 0) is 5.60 Å². The second kappa shape index (κ2) is 5.91.